The molecule has 0 saturated carbocycles. The van der Waals surface area contributed by atoms with E-state index in [1.54, 1.807) is 0 Å². The van der Waals surface area contributed by atoms with Crippen LogP contribution in [0.25, 0.3) is 0 Å². The zero-order valence-corrected chi connectivity index (χ0v) is 10.2. The van der Waals surface area contributed by atoms with Crippen LogP contribution in [0.2, 0.25) is 0 Å². The highest BCUT2D eigenvalue weighted by atomic mass is 14.9. The first-order chi connectivity index (χ1) is 7.61. The topological polar surface area (TPSA) is 64.1 Å². The van der Waals surface area contributed by atoms with Gasteiger partial charge in [0.25, 0.3) is 0 Å². The molecule has 0 aliphatic heterocycles. The van der Waals surface area contributed by atoms with Crippen LogP contribution in [0, 0.1) is 5.92 Å². The molecule has 5 N–H and O–H groups in total. The first-order valence-corrected chi connectivity index (χ1v) is 5.90. The second-order valence-corrected chi connectivity index (χ2v) is 4.67. The number of hydrogen-bond acceptors (Lipinski definition) is 3. The number of nitrogens with two attached hydrogens (primary N) is 2. The van der Waals surface area contributed by atoms with Crippen LogP contribution in [0.1, 0.15) is 25.8 Å². The summed E-state index contributed by atoms with van der Waals surface area (Å²) < 4.78 is 0. The van der Waals surface area contributed by atoms with Gasteiger partial charge in [-0.3, -0.25) is 0 Å². The van der Waals surface area contributed by atoms with Gasteiger partial charge >= 0.3 is 0 Å². The van der Waals surface area contributed by atoms with Gasteiger partial charge in [0.05, 0.1) is 0 Å². The van der Waals surface area contributed by atoms with Crippen LogP contribution in [-0.2, 0) is 6.54 Å². The predicted octanol–water partition coefficient (Wildman–Crippen LogP) is 1.93. The largest absolute Gasteiger partial charge is 0.383 e. The summed E-state index contributed by atoms with van der Waals surface area (Å²) in [7, 11) is 0. The average molecular weight is 221 g/mol. The SMILES string of the molecule is CC(C)CC(N)CNc1ccc(CN)cc1. The average Bonchev–Trinajstić information content (AvgIpc) is 2.26. The summed E-state index contributed by atoms with van der Waals surface area (Å²) in [6.45, 7) is 5.79. The van der Waals surface area contributed by atoms with Gasteiger partial charge in [-0.15, -0.1) is 0 Å². The summed E-state index contributed by atoms with van der Waals surface area (Å²) in [5, 5.41) is 3.34. The summed E-state index contributed by atoms with van der Waals surface area (Å²) >= 11 is 0. The van der Waals surface area contributed by atoms with Gasteiger partial charge in [0.2, 0.25) is 0 Å². The summed E-state index contributed by atoms with van der Waals surface area (Å²) in [6.07, 6.45) is 1.05. The summed E-state index contributed by atoms with van der Waals surface area (Å²) in [5.74, 6) is 0.649. The number of benzene rings is 1. The van der Waals surface area contributed by atoms with Gasteiger partial charge < -0.3 is 16.8 Å². The molecule has 0 bridgehead atoms. The van der Waals surface area contributed by atoms with Crippen molar-refractivity contribution in [1.82, 2.24) is 0 Å². The highest BCUT2D eigenvalue weighted by Crippen LogP contribution is 2.10. The maximum atomic E-state index is 6.00. The molecule has 1 aromatic rings. The van der Waals surface area contributed by atoms with Crippen molar-refractivity contribution in [2.45, 2.75) is 32.9 Å². The lowest BCUT2D eigenvalue weighted by Gasteiger charge is -2.15. The van der Waals surface area contributed by atoms with E-state index in [1.807, 2.05) is 24.3 Å². The first kappa shape index (κ1) is 13.0. The van der Waals surface area contributed by atoms with Crippen LogP contribution in [0.15, 0.2) is 24.3 Å². The minimum absolute atomic E-state index is 0.217. The Hall–Kier alpha value is -1.06. The molecule has 1 aromatic carbocycles. The van der Waals surface area contributed by atoms with Crippen LogP contribution >= 0.6 is 0 Å². The van der Waals surface area contributed by atoms with Crippen molar-refractivity contribution in [1.29, 1.82) is 0 Å². The fourth-order valence-electron chi connectivity index (χ4n) is 1.70. The lowest BCUT2D eigenvalue weighted by Crippen LogP contribution is -2.30. The third kappa shape index (κ3) is 4.64. The van der Waals surface area contributed by atoms with E-state index in [4.69, 9.17) is 11.5 Å². The minimum Gasteiger partial charge on any atom is -0.383 e. The molecule has 0 spiro atoms. The highest BCUT2D eigenvalue weighted by molar-refractivity contribution is 5.44. The van der Waals surface area contributed by atoms with E-state index >= 15 is 0 Å². The molecule has 0 aromatic heterocycles. The molecule has 0 fully saturated rings. The molecule has 3 nitrogen and oxygen atoms in total. The molecule has 1 rings (SSSR count). The molecule has 3 heteroatoms. The molecule has 0 saturated heterocycles. The Kier molecular flexibility index (Phi) is 5.29. The molecule has 0 aliphatic rings. The standard InChI is InChI=1S/C13H23N3/c1-10(2)7-12(15)9-16-13-5-3-11(8-14)4-6-13/h3-6,10,12,16H,7-9,14-15H2,1-2H3. The Balaban J connectivity index is 2.36. The van der Waals surface area contributed by atoms with Crippen LogP contribution in [0.3, 0.4) is 0 Å². The van der Waals surface area contributed by atoms with E-state index in [0.717, 1.165) is 24.2 Å². The Morgan fingerprint density at radius 2 is 1.81 bits per heavy atom. The second kappa shape index (κ2) is 6.51. The van der Waals surface area contributed by atoms with E-state index in [-0.39, 0.29) is 6.04 Å². The molecular formula is C13H23N3. The predicted molar refractivity (Wildman–Crippen MR) is 70.3 cm³/mol. The van der Waals surface area contributed by atoms with Crippen molar-refractivity contribution in [3.63, 3.8) is 0 Å². The Morgan fingerprint density at radius 3 is 2.31 bits per heavy atom. The maximum absolute atomic E-state index is 6.00. The maximum Gasteiger partial charge on any atom is 0.0340 e. The van der Waals surface area contributed by atoms with Gasteiger partial charge in [-0.25, -0.2) is 0 Å². The van der Waals surface area contributed by atoms with Crippen molar-refractivity contribution in [3.8, 4) is 0 Å². The number of rotatable bonds is 6. The smallest absolute Gasteiger partial charge is 0.0340 e. The number of hydrogen-bond donors (Lipinski definition) is 3. The van der Waals surface area contributed by atoms with Crippen molar-refractivity contribution >= 4 is 5.69 Å². The van der Waals surface area contributed by atoms with Crippen molar-refractivity contribution < 1.29 is 0 Å². The zero-order chi connectivity index (χ0) is 12.0. The minimum atomic E-state index is 0.217. The quantitative estimate of drug-likeness (QED) is 0.687. The van der Waals surface area contributed by atoms with Gasteiger partial charge in [0, 0.05) is 24.8 Å². The van der Waals surface area contributed by atoms with Gasteiger partial charge in [0.1, 0.15) is 0 Å². The highest BCUT2D eigenvalue weighted by Gasteiger charge is 2.04. The fraction of sp³-hybridized carbons (Fsp3) is 0.538. The summed E-state index contributed by atoms with van der Waals surface area (Å²) in [4.78, 5) is 0. The van der Waals surface area contributed by atoms with E-state index in [0.29, 0.717) is 12.5 Å². The fourth-order valence-corrected chi connectivity index (χ4v) is 1.70. The molecule has 0 aliphatic carbocycles. The molecule has 1 unspecified atom stereocenters. The van der Waals surface area contributed by atoms with Crippen molar-refractivity contribution in [2.75, 3.05) is 11.9 Å². The van der Waals surface area contributed by atoms with E-state index in [9.17, 15) is 0 Å². The molecule has 1 atom stereocenters. The summed E-state index contributed by atoms with van der Waals surface area (Å²) in [5.41, 5.74) is 13.8. The van der Waals surface area contributed by atoms with Crippen LogP contribution < -0.4 is 16.8 Å². The number of nitrogens with one attached hydrogen (secondary N) is 1. The molecule has 0 radical (unpaired) electrons. The zero-order valence-electron chi connectivity index (χ0n) is 10.2. The van der Waals surface area contributed by atoms with Gasteiger partial charge in [-0.1, -0.05) is 26.0 Å². The van der Waals surface area contributed by atoms with Crippen LogP contribution in [0.4, 0.5) is 5.69 Å². The third-order valence-electron chi connectivity index (χ3n) is 2.53. The van der Waals surface area contributed by atoms with Gasteiger partial charge in [0.15, 0.2) is 0 Å². The monoisotopic (exact) mass is 221 g/mol. The van der Waals surface area contributed by atoms with Gasteiger partial charge in [-0.2, -0.15) is 0 Å². The number of anilines is 1. The molecule has 0 heterocycles. The molecule has 90 valence electrons. The Labute approximate surface area is 98.2 Å². The van der Waals surface area contributed by atoms with E-state index in [1.165, 1.54) is 0 Å². The second-order valence-electron chi connectivity index (χ2n) is 4.67. The van der Waals surface area contributed by atoms with Crippen LogP contribution in [0.5, 0.6) is 0 Å². The van der Waals surface area contributed by atoms with Crippen LogP contribution in [-0.4, -0.2) is 12.6 Å². The van der Waals surface area contributed by atoms with E-state index < -0.39 is 0 Å². The van der Waals surface area contributed by atoms with Crippen molar-refractivity contribution in [3.05, 3.63) is 29.8 Å². The molecule has 0 amide bonds. The van der Waals surface area contributed by atoms with E-state index in [2.05, 4.69) is 19.2 Å². The Bertz CT molecular complexity index is 293. The third-order valence-corrected chi connectivity index (χ3v) is 2.53. The summed E-state index contributed by atoms with van der Waals surface area (Å²) in [6, 6.07) is 8.38. The first-order valence-electron chi connectivity index (χ1n) is 5.90. The normalized spacial score (nSPS) is 12.8. The Morgan fingerprint density at radius 1 is 1.19 bits per heavy atom. The van der Waals surface area contributed by atoms with Gasteiger partial charge in [-0.05, 0) is 30.0 Å². The molecular weight excluding hydrogens is 198 g/mol. The molecule has 16 heavy (non-hydrogen) atoms. The van der Waals surface area contributed by atoms with Crippen molar-refractivity contribution in [2.24, 2.45) is 17.4 Å². The lowest BCUT2D eigenvalue weighted by atomic mass is 10.0. The lowest BCUT2D eigenvalue weighted by molar-refractivity contribution is 0.508.